The molecule has 3 N–H and O–H groups in total. The molecule has 2 aromatic rings. The van der Waals surface area contributed by atoms with Crippen LogP contribution in [-0.2, 0) is 10.0 Å². The summed E-state index contributed by atoms with van der Waals surface area (Å²) in [6, 6.07) is 3.51. The first kappa shape index (κ1) is 20.8. The molecule has 0 saturated carbocycles. The summed E-state index contributed by atoms with van der Waals surface area (Å²) in [6.07, 6.45) is 0.0999. The van der Waals surface area contributed by atoms with Gasteiger partial charge in [-0.2, -0.15) is 0 Å². The number of carbonyl (C=O) groups excluding carboxylic acids is 1. The Labute approximate surface area is 151 Å². The lowest BCUT2D eigenvalue weighted by molar-refractivity contribution is 0.102. The van der Waals surface area contributed by atoms with E-state index in [2.05, 4.69) is 10.0 Å². The van der Waals surface area contributed by atoms with Gasteiger partial charge in [0.2, 0.25) is 10.0 Å². The van der Waals surface area contributed by atoms with Crippen molar-refractivity contribution >= 4 is 21.6 Å². The van der Waals surface area contributed by atoms with Gasteiger partial charge in [0.15, 0.2) is 17.5 Å². The summed E-state index contributed by atoms with van der Waals surface area (Å²) in [5, 5.41) is 10.7. The molecule has 0 fully saturated rings. The highest BCUT2D eigenvalue weighted by atomic mass is 32.2. The van der Waals surface area contributed by atoms with E-state index in [4.69, 9.17) is 5.11 Å². The molecule has 0 radical (unpaired) electrons. The molecule has 0 bridgehead atoms. The van der Waals surface area contributed by atoms with Gasteiger partial charge in [0.05, 0.1) is 0 Å². The van der Waals surface area contributed by atoms with Crippen LogP contribution in [0.3, 0.4) is 0 Å². The normalized spacial score (nSPS) is 11.4. The van der Waals surface area contributed by atoms with Crippen molar-refractivity contribution < 1.29 is 35.9 Å². The molecule has 2 aromatic carbocycles. The van der Waals surface area contributed by atoms with Crippen molar-refractivity contribution in [3.8, 4) is 0 Å². The maximum absolute atomic E-state index is 13.9. The molecule has 0 aromatic heterocycles. The van der Waals surface area contributed by atoms with Crippen LogP contribution in [0.4, 0.5) is 23.2 Å². The van der Waals surface area contributed by atoms with Crippen LogP contribution in [0.25, 0.3) is 0 Å². The average molecular weight is 406 g/mol. The second-order valence-electron chi connectivity index (χ2n) is 5.33. The second kappa shape index (κ2) is 8.46. The molecule has 1 amide bonds. The number of benzene rings is 2. The zero-order chi connectivity index (χ0) is 20.2. The Hall–Kier alpha value is -2.50. The Morgan fingerprint density at radius 1 is 1.00 bits per heavy atom. The van der Waals surface area contributed by atoms with Gasteiger partial charge in [-0.3, -0.25) is 4.79 Å². The molecule has 6 nitrogen and oxygen atoms in total. The number of nitrogens with one attached hydrogen (secondary N) is 2. The van der Waals surface area contributed by atoms with Crippen molar-refractivity contribution in [2.75, 3.05) is 18.5 Å². The molecule has 0 saturated heterocycles. The number of rotatable bonds is 7. The van der Waals surface area contributed by atoms with E-state index in [0.29, 0.717) is 12.1 Å². The zero-order valence-electron chi connectivity index (χ0n) is 13.6. The number of aliphatic hydroxyl groups excluding tert-OH is 1. The molecule has 11 heteroatoms. The van der Waals surface area contributed by atoms with E-state index >= 15 is 0 Å². The molecular weight excluding hydrogens is 392 g/mol. The minimum Gasteiger partial charge on any atom is -0.396 e. The van der Waals surface area contributed by atoms with Gasteiger partial charge in [0, 0.05) is 36.5 Å². The van der Waals surface area contributed by atoms with Crippen molar-refractivity contribution in [3.05, 3.63) is 59.2 Å². The summed E-state index contributed by atoms with van der Waals surface area (Å²) in [4.78, 5) is 11.3. The summed E-state index contributed by atoms with van der Waals surface area (Å²) >= 11 is 0. The smallest absolute Gasteiger partial charge is 0.255 e. The van der Waals surface area contributed by atoms with Gasteiger partial charge in [-0.15, -0.1) is 0 Å². The fourth-order valence-corrected chi connectivity index (χ4v) is 3.22. The van der Waals surface area contributed by atoms with Gasteiger partial charge in [0.1, 0.15) is 10.7 Å². The summed E-state index contributed by atoms with van der Waals surface area (Å²) in [5.41, 5.74) is -0.727. The third kappa shape index (κ3) is 5.02. The van der Waals surface area contributed by atoms with Crippen molar-refractivity contribution in [1.29, 1.82) is 0 Å². The molecule has 0 heterocycles. The van der Waals surface area contributed by atoms with Crippen LogP contribution in [-0.4, -0.2) is 32.6 Å². The van der Waals surface area contributed by atoms with Gasteiger partial charge >= 0.3 is 0 Å². The first-order valence-electron chi connectivity index (χ1n) is 7.51. The van der Waals surface area contributed by atoms with E-state index in [1.807, 2.05) is 0 Å². The number of amides is 1. The van der Waals surface area contributed by atoms with Crippen LogP contribution in [0.1, 0.15) is 16.8 Å². The predicted molar refractivity (Wildman–Crippen MR) is 87.6 cm³/mol. The van der Waals surface area contributed by atoms with Gasteiger partial charge in [-0.1, -0.05) is 0 Å². The van der Waals surface area contributed by atoms with Gasteiger partial charge < -0.3 is 10.4 Å². The maximum Gasteiger partial charge on any atom is 0.255 e. The summed E-state index contributed by atoms with van der Waals surface area (Å²) in [7, 11) is -4.30. The number of halogens is 4. The van der Waals surface area contributed by atoms with Crippen LogP contribution in [0.2, 0.25) is 0 Å². The highest BCUT2D eigenvalue weighted by Crippen LogP contribution is 2.20. The molecule has 0 aliphatic heterocycles. The summed E-state index contributed by atoms with van der Waals surface area (Å²) in [5.74, 6) is -6.88. The molecule has 146 valence electrons. The fraction of sp³-hybridized carbons (Fsp3) is 0.188. The summed E-state index contributed by atoms with van der Waals surface area (Å²) < 4.78 is 79.4. The highest BCUT2D eigenvalue weighted by Gasteiger charge is 2.21. The number of hydrogen-bond acceptors (Lipinski definition) is 4. The monoisotopic (exact) mass is 406 g/mol. The van der Waals surface area contributed by atoms with Crippen LogP contribution >= 0.6 is 0 Å². The largest absolute Gasteiger partial charge is 0.396 e. The van der Waals surface area contributed by atoms with Crippen molar-refractivity contribution in [1.82, 2.24) is 4.72 Å². The molecule has 0 atom stereocenters. The lowest BCUT2D eigenvalue weighted by atomic mass is 10.2. The average Bonchev–Trinajstić information content (AvgIpc) is 2.59. The van der Waals surface area contributed by atoms with Crippen LogP contribution < -0.4 is 10.0 Å². The zero-order valence-corrected chi connectivity index (χ0v) is 14.4. The highest BCUT2D eigenvalue weighted by molar-refractivity contribution is 7.89. The molecule has 0 aliphatic rings. The number of sulfonamides is 1. The number of hydrogen-bond donors (Lipinski definition) is 3. The van der Waals surface area contributed by atoms with Crippen LogP contribution in [0.15, 0.2) is 35.2 Å². The molecule has 0 unspecified atom stereocenters. The Morgan fingerprint density at radius 3 is 2.22 bits per heavy atom. The minimum absolute atomic E-state index is 0.0999. The van der Waals surface area contributed by atoms with Gasteiger partial charge in [-0.25, -0.2) is 30.7 Å². The Bertz CT molecular complexity index is 944. The third-order valence-electron chi connectivity index (χ3n) is 3.35. The topological polar surface area (TPSA) is 95.5 Å². The number of anilines is 1. The Morgan fingerprint density at radius 2 is 1.63 bits per heavy atom. The van der Waals surface area contributed by atoms with Crippen LogP contribution in [0.5, 0.6) is 0 Å². The Kier molecular flexibility index (Phi) is 6.52. The molecular formula is C16H14F4N2O4S. The Balaban J connectivity index is 2.28. The minimum atomic E-state index is -4.30. The lowest BCUT2D eigenvalue weighted by Crippen LogP contribution is -2.26. The van der Waals surface area contributed by atoms with Crippen LogP contribution in [0, 0.1) is 23.3 Å². The van der Waals surface area contributed by atoms with E-state index in [1.54, 1.807) is 0 Å². The standard InChI is InChI=1S/C16H14F4N2O4S/c17-11-3-2-9(6-14(11)27(25,26)21-4-1-5-23)16(24)22-10-7-12(18)15(20)13(19)8-10/h2-3,6-8,21,23H,1,4-5H2,(H,22,24). The predicted octanol–water partition coefficient (Wildman–Crippen LogP) is 2.16. The lowest BCUT2D eigenvalue weighted by Gasteiger charge is -2.10. The van der Waals surface area contributed by atoms with Crippen molar-refractivity contribution in [2.24, 2.45) is 0 Å². The number of aliphatic hydroxyl groups is 1. The second-order valence-corrected chi connectivity index (χ2v) is 7.06. The fourth-order valence-electron chi connectivity index (χ4n) is 2.04. The first-order chi connectivity index (χ1) is 12.7. The van der Waals surface area contributed by atoms with E-state index in [-0.39, 0.29) is 25.1 Å². The summed E-state index contributed by atoms with van der Waals surface area (Å²) in [6.45, 7) is -0.429. The quantitative estimate of drug-likeness (QED) is 0.373. The SMILES string of the molecule is O=C(Nc1cc(F)c(F)c(F)c1)c1ccc(F)c(S(=O)(=O)NCCCO)c1. The number of carbonyl (C=O) groups is 1. The van der Waals surface area contributed by atoms with Crippen molar-refractivity contribution in [2.45, 2.75) is 11.3 Å². The third-order valence-corrected chi connectivity index (χ3v) is 4.83. The molecule has 0 spiro atoms. The van der Waals surface area contributed by atoms with E-state index in [1.165, 1.54) is 0 Å². The van der Waals surface area contributed by atoms with Crippen molar-refractivity contribution in [3.63, 3.8) is 0 Å². The van der Waals surface area contributed by atoms with E-state index in [0.717, 1.165) is 18.2 Å². The van der Waals surface area contributed by atoms with Gasteiger partial charge in [-0.05, 0) is 24.6 Å². The van der Waals surface area contributed by atoms with E-state index < -0.39 is 49.8 Å². The molecule has 0 aliphatic carbocycles. The van der Waals surface area contributed by atoms with E-state index in [9.17, 15) is 30.8 Å². The molecule has 27 heavy (non-hydrogen) atoms. The first-order valence-corrected chi connectivity index (χ1v) is 9.00. The maximum atomic E-state index is 13.9. The van der Waals surface area contributed by atoms with Gasteiger partial charge in [0.25, 0.3) is 5.91 Å². The molecule has 2 rings (SSSR count).